The first-order valence-corrected chi connectivity index (χ1v) is 8.66. The van der Waals surface area contributed by atoms with E-state index in [1.54, 1.807) is 0 Å². The van der Waals surface area contributed by atoms with Crippen LogP contribution in [0.15, 0.2) is 0 Å². The van der Waals surface area contributed by atoms with E-state index < -0.39 is 0 Å². The molecule has 1 atom stereocenters. The maximum absolute atomic E-state index is 3.97. The van der Waals surface area contributed by atoms with E-state index in [4.69, 9.17) is 0 Å². The minimum absolute atomic E-state index is 0.400. The highest BCUT2D eigenvalue weighted by Gasteiger charge is 2.44. The molecule has 1 N–H and O–H groups in total. The highest BCUT2D eigenvalue weighted by molar-refractivity contribution is 5.04. The Hall–Kier alpha value is -0.0800. The third-order valence-corrected chi connectivity index (χ3v) is 6.18. The van der Waals surface area contributed by atoms with Crippen LogP contribution in [0.1, 0.15) is 71.6 Å². The van der Waals surface area contributed by atoms with Crippen molar-refractivity contribution in [3.8, 4) is 0 Å². The van der Waals surface area contributed by atoms with Crippen LogP contribution in [-0.4, -0.2) is 35.6 Å². The smallest absolute Gasteiger partial charge is 0.0309 e. The predicted molar refractivity (Wildman–Crippen MR) is 81.4 cm³/mol. The zero-order valence-corrected chi connectivity index (χ0v) is 13.0. The third-order valence-electron chi connectivity index (χ3n) is 6.18. The minimum atomic E-state index is 0.400. The quantitative estimate of drug-likeness (QED) is 0.835. The zero-order valence-electron chi connectivity index (χ0n) is 13.0. The summed E-state index contributed by atoms with van der Waals surface area (Å²) in [4.78, 5) is 2.85. The van der Waals surface area contributed by atoms with Crippen LogP contribution in [0.5, 0.6) is 0 Å². The number of piperazine rings is 1. The summed E-state index contributed by atoms with van der Waals surface area (Å²) in [6.45, 7) is 8.70. The van der Waals surface area contributed by atoms with E-state index >= 15 is 0 Å². The molecule has 19 heavy (non-hydrogen) atoms. The molecule has 3 aliphatic rings. The molecule has 2 nitrogen and oxygen atoms in total. The second-order valence-corrected chi connectivity index (χ2v) is 7.70. The highest BCUT2D eigenvalue weighted by Crippen LogP contribution is 2.38. The Morgan fingerprint density at radius 1 is 1.16 bits per heavy atom. The van der Waals surface area contributed by atoms with Gasteiger partial charge in [0.25, 0.3) is 0 Å². The third kappa shape index (κ3) is 3.00. The summed E-state index contributed by atoms with van der Waals surface area (Å²) in [5, 5.41) is 3.97. The standard InChI is InChI=1S/C17H32N2/c1-3-16(2)13-18-17(10-5-4-6-11-17)14-19(16)12-9-15-7-8-15/h15,18H,3-14H2,1-2H3. The first-order chi connectivity index (χ1) is 9.16. The topological polar surface area (TPSA) is 15.3 Å². The summed E-state index contributed by atoms with van der Waals surface area (Å²) in [5.74, 6) is 1.07. The van der Waals surface area contributed by atoms with Crippen molar-refractivity contribution in [2.24, 2.45) is 5.92 Å². The zero-order chi connectivity index (χ0) is 13.3. The molecule has 2 saturated carbocycles. The van der Waals surface area contributed by atoms with E-state index in [-0.39, 0.29) is 0 Å². The molecule has 2 heteroatoms. The summed E-state index contributed by atoms with van der Waals surface area (Å²) in [5.41, 5.74) is 0.869. The lowest BCUT2D eigenvalue weighted by Crippen LogP contribution is -2.69. The van der Waals surface area contributed by atoms with Gasteiger partial charge in [-0.1, -0.05) is 39.0 Å². The van der Waals surface area contributed by atoms with Crippen LogP contribution in [0.2, 0.25) is 0 Å². The lowest BCUT2D eigenvalue weighted by Gasteiger charge is -2.54. The SMILES string of the molecule is CCC1(C)CNC2(CCCCC2)CN1CCC1CC1. The van der Waals surface area contributed by atoms with E-state index in [9.17, 15) is 0 Å². The van der Waals surface area contributed by atoms with Crippen molar-refractivity contribution < 1.29 is 0 Å². The average Bonchev–Trinajstić information content (AvgIpc) is 3.26. The lowest BCUT2D eigenvalue weighted by atomic mass is 9.77. The summed E-state index contributed by atoms with van der Waals surface area (Å²) in [6.07, 6.45) is 12.9. The molecule has 3 rings (SSSR count). The van der Waals surface area contributed by atoms with Crippen LogP contribution < -0.4 is 5.32 Å². The Kier molecular flexibility index (Phi) is 3.92. The molecule has 0 amide bonds. The van der Waals surface area contributed by atoms with Crippen molar-refractivity contribution in [2.45, 2.75) is 82.7 Å². The Balaban J connectivity index is 1.66. The van der Waals surface area contributed by atoms with Gasteiger partial charge in [0.1, 0.15) is 0 Å². The molecule has 110 valence electrons. The average molecular weight is 264 g/mol. The largest absolute Gasteiger partial charge is 0.308 e. The highest BCUT2D eigenvalue weighted by atomic mass is 15.3. The van der Waals surface area contributed by atoms with E-state index in [1.165, 1.54) is 77.4 Å². The number of hydrogen-bond donors (Lipinski definition) is 1. The second kappa shape index (κ2) is 5.37. The summed E-state index contributed by atoms with van der Waals surface area (Å²) in [7, 11) is 0. The van der Waals surface area contributed by atoms with Crippen LogP contribution in [0.3, 0.4) is 0 Å². The van der Waals surface area contributed by atoms with Gasteiger partial charge in [0.2, 0.25) is 0 Å². The van der Waals surface area contributed by atoms with Gasteiger partial charge in [0, 0.05) is 24.2 Å². The van der Waals surface area contributed by atoms with E-state index in [0.29, 0.717) is 11.1 Å². The molecule has 0 aromatic heterocycles. The van der Waals surface area contributed by atoms with Gasteiger partial charge in [-0.05, 0) is 45.1 Å². The molecule has 1 saturated heterocycles. The Morgan fingerprint density at radius 2 is 1.89 bits per heavy atom. The molecular weight excluding hydrogens is 232 g/mol. The van der Waals surface area contributed by atoms with Gasteiger partial charge in [-0.25, -0.2) is 0 Å². The van der Waals surface area contributed by atoms with Crippen molar-refractivity contribution >= 4 is 0 Å². The van der Waals surface area contributed by atoms with Crippen LogP contribution >= 0.6 is 0 Å². The summed E-state index contributed by atoms with van der Waals surface area (Å²) < 4.78 is 0. The summed E-state index contributed by atoms with van der Waals surface area (Å²) in [6, 6.07) is 0. The number of nitrogens with one attached hydrogen (secondary N) is 1. The summed E-state index contributed by atoms with van der Waals surface area (Å²) >= 11 is 0. The Bertz CT molecular complexity index is 304. The number of hydrogen-bond acceptors (Lipinski definition) is 2. The fourth-order valence-corrected chi connectivity index (χ4v) is 4.11. The van der Waals surface area contributed by atoms with Gasteiger partial charge in [-0.15, -0.1) is 0 Å². The first-order valence-electron chi connectivity index (χ1n) is 8.66. The fourth-order valence-electron chi connectivity index (χ4n) is 4.11. The molecule has 1 heterocycles. The molecule has 1 spiro atoms. The van der Waals surface area contributed by atoms with Crippen molar-refractivity contribution in [3.63, 3.8) is 0 Å². The van der Waals surface area contributed by atoms with Crippen molar-refractivity contribution in [2.75, 3.05) is 19.6 Å². The minimum Gasteiger partial charge on any atom is -0.308 e. The van der Waals surface area contributed by atoms with Crippen molar-refractivity contribution in [3.05, 3.63) is 0 Å². The molecule has 1 aliphatic heterocycles. The van der Waals surface area contributed by atoms with E-state index in [2.05, 4.69) is 24.1 Å². The second-order valence-electron chi connectivity index (χ2n) is 7.70. The molecule has 0 radical (unpaired) electrons. The molecule has 0 aromatic rings. The predicted octanol–water partition coefficient (Wildman–Crippen LogP) is 3.56. The van der Waals surface area contributed by atoms with Gasteiger partial charge in [-0.2, -0.15) is 0 Å². The van der Waals surface area contributed by atoms with Crippen molar-refractivity contribution in [1.82, 2.24) is 10.2 Å². The maximum Gasteiger partial charge on any atom is 0.0309 e. The monoisotopic (exact) mass is 264 g/mol. The van der Waals surface area contributed by atoms with Gasteiger partial charge >= 0.3 is 0 Å². The van der Waals surface area contributed by atoms with Crippen LogP contribution in [0, 0.1) is 5.92 Å². The lowest BCUT2D eigenvalue weighted by molar-refractivity contribution is -0.00290. The van der Waals surface area contributed by atoms with E-state index in [1.807, 2.05) is 0 Å². The van der Waals surface area contributed by atoms with E-state index in [0.717, 1.165) is 5.92 Å². The Labute approximate surface area is 119 Å². The number of rotatable bonds is 4. The fraction of sp³-hybridized carbons (Fsp3) is 1.00. The molecular formula is C17H32N2. The van der Waals surface area contributed by atoms with Gasteiger partial charge in [0.15, 0.2) is 0 Å². The molecule has 1 unspecified atom stereocenters. The molecule has 2 aliphatic carbocycles. The molecule has 3 fully saturated rings. The number of nitrogens with zero attached hydrogens (tertiary/aromatic N) is 1. The normalized spacial score (nSPS) is 35.7. The Morgan fingerprint density at radius 3 is 2.53 bits per heavy atom. The van der Waals surface area contributed by atoms with Gasteiger partial charge in [-0.3, -0.25) is 4.90 Å². The first kappa shape index (κ1) is 13.9. The van der Waals surface area contributed by atoms with Gasteiger partial charge < -0.3 is 5.32 Å². The van der Waals surface area contributed by atoms with Crippen LogP contribution in [-0.2, 0) is 0 Å². The maximum atomic E-state index is 3.97. The van der Waals surface area contributed by atoms with Crippen LogP contribution in [0.4, 0.5) is 0 Å². The van der Waals surface area contributed by atoms with Gasteiger partial charge in [0.05, 0.1) is 0 Å². The molecule has 0 bridgehead atoms. The molecule has 0 aromatic carbocycles. The van der Waals surface area contributed by atoms with Crippen LogP contribution in [0.25, 0.3) is 0 Å². The van der Waals surface area contributed by atoms with Crippen molar-refractivity contribution in [1.29, 1.82) is 0 Å².